The molecule has 1 atom stereocenters. The van der Waals surface area contributed by atoms with Gasteiger partial charge in [-0.25, -0.2) is 4.39 Å². The summed E-state index contributed by atoms with van der Waals surface area (Å²) < 4.78 is 26.2. The third-order valence-electron chi connectivity index (χ3n) is 7.59. The van der Waals surface area contributed by atoms with Crippen molar-refractivity contribution in [3.8, 4) is 5.75 Å². The number of methoxy groups -OCH3 is 1. The van der Waals surface area contributed by atoms with Crippen molar-refractivity contribution in [2.24, 2.45) is 5.92 Å². The fourth-order valence-electron chi connectivity index (χ4n) is 5.51. The van der Waals surface area contributed by atoms with E-state index in [0.29, 0.717) is 33.7 Å². The molecule has 1 aliphatic heterocycles. The summed E-state index contributed by atoms with van der Waals surface area (Å²) in [7, 11) is 1.54. The van der Waals surface area contributed by atoms with Crippen LogP contribution in [-0.4, -0.2) is 40.7 Å². The van der Waals surface area contributed by atoms with Crippen molar-refractivity contribution in [2.75, 3.05) is 25.1 Å². The number of hydrogen-bond donors (Lipinski definition) is 2. The Labute approximate surface area is 206 Å². The molecule has 0 radical (unpaired) electrons. The van der Waals surface area contributed by atoms with E-state index in [-0.39, 0.29) is 34.8 Å². The summed E-state index contributed by atoms with van der Waals surface area (Å²) in [4.78, 5) is 28.3. The van der Waals surface area contributed by atoms with Gasteiger partial charge in [-0.3, -0.25) is 14.0 Å². The second-order valence-electron chi connectivity index (χ2n) is 10.4. The molecule has 0 amide bonds. The number of halogens is 2. The molecular weight excluding hydrogens is 479 g/mol. The van der Waals surface area contributed by atoms with Crippen molar-refractivity contribution < 1.29 is 9.13 Å². The molecule has 34 heavy (non-hydrogen) atoms. The van der Waals surface area contributed by atoms with E-state index < -0.39 is 16.8 Å². The van der Waals surface area contributed by atoms with Crippen LogP contribution in [0.25, 0.3) is 21.1 Å². The highest BCUT2D eigenvalue weighted by molar-refractivity contribution is 7.12. The van der Waals surface area contributed by atoms with Gasteiger partial charge in [-0.15, -0.1) is 12.4 Å². The highest BCUT2D eigenvalue weighted by atomic mass is 35.5. The minimum absolute atomic E-state index is 0. The molecule has 1 unspecified atom stereocenters. The van der Waals surface area contributed by atoms with Crippen molar-refractivity contribution in [1.29, 1.82) is 0 Å². The Hall–Kier alpha value is -2.10. The summed E-state index contributed by atoms with van der Waals surface area (Å²) in [6.07, 6.45) is 5.33. The molecule has 1 aromatic carbocycles. The molecule has 3 fully saturated rings. The highest BCUT2D eigenvalue weighted by Gasteiger charge is 2.40. The lowest BCUT2D eigenvalue weighted by atomic mass is 9.86. The number of benzene rings is 1. The van der Waals surface area contributed by atoms with Crippen LogP contribution in [-0.2, 0) is 0 Å². The molecular formula is C24H30ClFN4O3S. The minimum Gasteiger partial charge on any atom is -0.492 e. The Morgan fingerprint density at radius 1 is 1.21 bits per heavy atom. The first-order valence-electron chi connectivity index (χ1n) is 11.8. The summed E-state index contributed by atoms with van der Waals surface area (Å²) in [5, 5.41) is 4.08. The molecule has 7 nitrogen and oxygen atoms in total. The number of nitrogens with zero attached hydrogens (tertiary/aromatic N) is 2. The Kier molecular flexibility index (Phi) is 5.73. The summed E-state index contributed by atoms with van der Waals surface area (Å²) in [5.74, 6) is 0.296. The number of aromatic amines is 1. The predicted octanol–water partition coefficient (Wildman–Crippen LogP) is 4.17. The molecule has 0 spiro atoms. The van der Waals surface area contributed by atoms with E-state index in [0.717, 1.165) is 32.4 Å². The third-order valence-corrected chi connectivity index (χ3v) is 8.47. The topological polar surface area (TPSA) is 79.4 Å². The van der Waals surface area contributed by atoms with Crippen LogP contribution in [0.4, 0.5) is 10.1 Å². The van der Waals surface area contributed by atoms with Gasteiger partial charge in [0.1, 0.15) is 15.9 Å². The van der Waals surface area contributed by atoms with Crippen LogP contribution in [0.2, 0.25) is 0 Å². The number of aromatic nitrogens is 2. The lowest BCUT2D eigenvalue weighted by Crippen LogP contribution is -2.48. The maximum atomic E-state index is 15.6. The molecule has 3 aliphatic rings. The summed E-state index contributed by atoms with van der Waals surface area (Å²) in [6, 6.07) is 2.10. The molecule has 0 bridgehead atoms. The smallest absolute Gasteiger partial charge is 0.271 e. The standard InChI is InChI=1S/C24H29FN4O3S.ClH/c1-24(2,26-13-4-5-13)12-8-9-28(11-12)19-16(25)10-15-18(21(19)32-3)29(14-6-7-14)23-17(20(15)30)22(31)27-33-23;/h10,12-14,26H,4-9,11H2,1-3H3,(H,27,31);1H. The number of ether oxygens (including phenoxy) is 1. The number of anilines is 1. The van der Waals surface area contributed by atoms with E-state index in [1.165, 1.54) is 37.6 Å². The largest absolute Gasteiger partial charge is 0.492 e. The SMILES string of the molecule is COc1c(N2CCC(C(C)(C)NC3CC3)C2)c(F)cc2c(=O)c3c(=O)[nH]sc3n(C3CC3)c12.Cl. The van der Waals surface area contributed by atoms with Gasteiger partial charge in [0.15, 0.2) is 11.6 Å². The first-order valence-corrected chi connectivity index (χ1v) is 12.6. The first kappa shape index (κ1) is 23.6. The van der Waals surface area contributed by atoms with Gasteiger partial charge in [-0.1, -0.05) is 0 Å². The molecule has 2 N–H and O–H groups in total. The van der Waals surface area contributed by atoms with E-state index in [1.807, 2.05) is 4.57 Å². The Morgan fingerprint density at radius 3 is 2.59 bits per heavy atom. The molecule has 2 saturated carbocycles. The zero-order valence-electron chi connectivity index (χ0n) is 19.6. The van der Waals surface area contributed by atoms with E-state index in [2.05, 4.69) is 28.4 Å². The van der Waals surface area contributed by atoms with Gasteiger partial charge in [-0.2, -0.15) is 0 Å². The second-order valence-corrected chi connectivity index (χ2v) is 11.1. The van der Waals surface area contributed by atoms with Crippen LogP contribution in [0.1, 0.15) is 52.0 Å². The van der Waals surface area contributed by atoms with E-state index in [1.54, 1.807) is 0 Å². The van der Waals surface area contributed by atoms with Crippen LogP contribution in [0.5, 0.6) is 5.75 Å². The number of pyridine rings is 1. The van der Waals surface area contributed by atoms with Gasteiger partial charge in [0, 0.05) is 30.7 Å². The Bertz CT molecular complexity index is 1390. The van der Waals surface area contributed by atoms with Crippen LogP contribution >= 0.6 is 23.9 Å². The summed E-state index contributed by atoms with van der Waals surface area (Å²) in [5.41, 5.74) is 0.147. The number of H-pyrrole nitrogens is 1. The normalized spacial score (nSPS) is 20.8. The van der Waals surface area contributed by atoms with Crippen molar-refractivity contribution in [1.82, 2.24) is 14.3 Å². The zero-order chi connectivity index (χ0) is 23.1. The summed E-state index contributed by atoms with van der Waals surface area (Å²) in [6.45, 7) is 5.93. The fraction of sp³-hybridized carbons (Fsp3) is 0.583. The lowest BCUT2D eigenvalue weighted by molar-refractivity contribution is 0.268. The molecule has 6 rings (SSSR count). The predicted molar refractivity (Wildman–Crippen MR) is 137 cm³/mol. The fourth-order valence-corrected chi connectivity index (χ4v) is 6.43. The van der Waals surface area contributed by atoms with Crippen LogP contribution in [0, 0.1) is 11.7 Å². The average molecular weight is 509 g/mol. The molecule has 184 valence electrons. The second kappa shape index (κ2) is 8.24. The van der Waals surface area contributed by atoms with Gasteiger partial charge < -0.3 is 19.5 Å². The Balaban J connectivity index is 0.00000241. The summed E-state index contributed by atoms with van der Waals surface area (Å²) >= 11 is 1.17. The first-order chi connectivity index (χ1) is 15.8. The van der Waals surface area contributed by atoms with Gasteiger partial charge in [0.2, 0.25) is 5.43 Å². The van der Waals surface area contributed by atoms with Crippen molar-refractivity contribution in [3.05, 3.63) is 32.5 Å². The van der Waals surface area contributed by atoms with Gasteiger partial charge in [-0.05, 0) is 69.5 Å². The van der Waals surface area contributed by atoms with Crippen molar-refractivity contribution in [2.45, 2.75) is 63.6 Å². The lowest BCUT2D eigenvalue weighted by Gasteiger charge is -2.33. The molecule has 3 heterocycles. The van der Waals surface area contributed by atoms with Crippen LogP contribution < -0.4 is 25.9 Å². The van der Waals surface area contributed by atoms with Crippen LogP contribution in [0.3, 0.4) is 0 Å². The zero-order valence-corrected chi connectivity index (χ0v) is 21.2. The number of fused-ring (bicyclic) bond motifs is 2. The Morgan fingerprint density at radius 2 is 1.94 bits per heavy atom. The molecule has 2 aromatic heterocycles. The molecule has 3 aromatic rings. The molecule has 10 heteroatoms. The van der Waals surface area contributed by atoms with E-state index in [4.69, 9.17) is 4.74 Å². The maximum Gasteiger partial charge on any atom is 0.271 e. The third kappa shape index (κ3) is 3.63. The van der Waals surface area contributed by atoms with Gasteiger partial charge in [0.05, 0.1) is 18.0 Å². The molecule has 1 saturated heterocycles. The van der Waals surface area contributed by atoms with Gasteiger partial charge in [0.25, 0.3) is 5.56 Å². The quantitative estimate of drug-likeness (QED) is 0.522. The van der Waals surface area contributed by atoms with Crippen molar-refractivity contribution >= 4 is 50.7 Å². The van der Waals surface area contributed by atoms with Crippen molar-refractivity contribution in [3.63, 3.8) is 0 Å². The monoisotopic (exact) mass is 508 g/mol. The van der Waals surface area contributed by atoms with E-state index in [9.17, 15) is 9.59 Å². The van der Waals surface area contributed by atoms with Gasteiger partial charge >= 0.3 is 0 Å². The minimum atomic E-state index is -0.474. The highest BCUT2D eigenvalue weighted by Crippen LogP contribution is 2.46. The number of rotatable bonds is 6. The van der Waals surface area contributed by atoms with E-state index >= 15 is 4.39 Å². The average Bonchev–Trinajstić information content (AvgIpc) is 3.68. The maximum absolute atomic E-state index is 15.6. The number of nitrogens with one attached hydrogen (secondary N) is 2. The number of hydrogen-bond acceptors (Lipinski definition) is 6. The van der Waals surface area contributed by atoms with Crippen LogP contribution in [0.15, 0.2) is 15.7 Å². The molecule has 2 aliphatic carbocycles.